The van der Waals surface area contributed by atoms with E-state index in [-0.39, 0.29) is 11.9 Å². The van der Waals surface area contributed by atoms with Gasteiger partial charge < -0.3 is 10.2 Å². The van der Waals surface area contributed by atoms with Crippen molar-refractivity contribution in [2.24, 2.45) is 0 Å². The Morgan fingerprint density at radius 3 is 2.29 bits per heavy atom. The molecule has 0 fully saturated rings. The molecule has 112 valence electrons. The number of benzene rings is 2. The molecule has 2 nitrogen and oxygen atoms in total. The first kappa shape index (κ1) is 15.8. The van der Waals surface area contributed by atoms with E-state index in [0.29, 0.717) is 0 Å². The zero-order chi connectivity index (χ0) is 15.2. The Hall–Kier alpha value is -1.58. The van der Waals surface area contributed by atoms with E-state index in [2.05, 4.69) is 10.2 Å². The molecule has 4 heteroatoms. The Labute approximate surface area is 130 Å². The summed E-state index contributed by atoms with van der Waals surface area (Å²) in [5, 5.41) is 4.07. The summed E-state index contributed by atoms with van der Waals surface area (Å²) in [5.74, 6) is -0.207. The molecule has 2 rings (SSSR count). The van der Waals surface area contributed by atoms with Crippen molar-refractivity contribution in [3.63, 3.8) is 0 Å². The fourth-order valence-corrected chi connectivity index (χ4v) is 2.45. The molecule has 0 aromatic heterocycles. The van der Waals surface area contributed by atoms with Gasteiger partial charge in [-0.15, -0.1) is 0 Å². The maximum Gasteiger partial charge on any atom is 0.123 e. The molecular formula is C17H20ClFN2. The Bertz CT molecular complexity index is 554. The molecule has 0 aliphatic carbocycles. The molecule has 0 bridgehead atoms. The van der Waals surface area contributed by atoms with Crippen LogP contribution in [0.15, 0.2) is 48.5 Å². The minimum Gasteiger partial charge on any atom is -0.375 e. The van der Waals surface area contributed by atoms with Gasteiger partial charge in [0.2, 0.25) is 0 Å². The first-order valence-corrected chi connectivity index (χ1v) is 7.37. The maximum atomic E-state index is 12.9. The van der Waals surface area contributed by atoms with Crippen molar-refractivity contribution in [2.75, 3.05) is 25.5 Å². The molecule has 0 saturated carbocycles. The molecule has 0 heterocycles. The SMILES string of the molecule is CNC(CCN(C)c1ccc(F)cc1)c1ccc(Cl)cc1. The predicted octanol–water partition coefficient (Wildman–Crippen LogP) is 4.27. The summed E-state index contributed by atoms with van der Waals surface area (Å²) in [6.45, 7) is 0.875. The van der Waals surface area contributed by atoms with Gasteiger partial charge in [0.05, 0.1) is 0 Å². The molecular weight excluding hydrogens is 287 g/mol. The first-order valence-electron chi connectivity index (χ1n) is 6.99. The third-order valence-electron chi connectivity index (χ3n) is 3.64. The van der Waals surface area contributed by atoms with Gasteiger partial charge in [0.15, 0.2) is 0 Å². The summed E-state index contributed by atoms with van der Waals surface area (Å²) in [4.78, 5) is 2.12. The minimum atomic E-state index is -0.207. The van der Waals surface area contributed by atoms with Crippen LogP contribution in [-0.2, 0) is 0 Å². The van der Waals surface area contributed by atoms with Crippen LogP contribution in [-0.4, -0.2) is 20.6 Å². The van der Waals surface area contributed by atoms with Crippen LogP contribution in [0, 0.1) is 5.82 Å². The van der Waals surface area contributed by atoms with Crippen LogP contribution in [0.3, 0.4) is 0 Å². The highest BCUT2D eigenvalue weighted by molar-refractivity contribution is 6.30. The molecule has 0 radical (unpaired) electrons. The molecule has 0 aliphatic heterocycles. The Morgan fingerprint density at radius 2 is 1.71 bits per heavy atom. The third kappa shape index (κ3) is 4.45. The topological polar surface area (TPSA) is 15.3 Å². The number of anilines is 1. The van der Waals surface area contributed by atoms with Crippen molar-refractivity contribution >= 4 is 17.3 Å². The fourth-order valence-electron chi connectivity index (χ4n) is 2.32. The lowest BCUT2D eigenvalue weighted by atomic mass is 10.0. The molecule has 21 heavy (non-hydrogen) atoms. The van der Waals surface area contributed by atoms with Crippen molar-refractivity contribution in [2.45, 2.75) is 12.5 Å². The predicted molar refractivity (Wildman–Crippen MR) is 87.5 cm³/mol. The van der Waals surface area contributed by atoms with Crippen LogP contribution in [0.1, 0.15) is 18.0 Å². The second kappa shape index (κ2) is 7.43. The van der Waals surface area contributed by atoms with Gasteiger partial charge in [-0.1, -0.05) is 23.7 Å². The second-order valence-corrected chi connectivity index (χ2v) is 5.52. The highest BCUT2D eigenvalue weighted by Crippen LogP contribution is 2.21. The fraction of sp³-hybridized carbons (Fsp3) is 0.294. The average Bonchev–Trinajstić information content (AvgIpc) is 2.50. The van der Waals surface area contributed by atoms with Gasteiger partial charge in [-0.3, -0.25) is 0 Å². The molecule has 0 spiro atoms. The summed E-state index contributed by atoms with van der Waals surface area (Å²) < 4.78 is 12.9. The zero-order valence-corrected chi connectivity index (χ0v) is 13.1. The van der Waals surface area contributed by atoms with Crippen LogP contribution < -0.4 is 10.2 Å². The van der Waals surface area contributed by atoms with E-state index in [1.807, 2.05) is 38.4 Å². The number of rotatable bonds is 6. The summed E-state index contributed by atoms with van der Waals surface area (Å²) in [6, 6.07) is 14.7. The molecule has 0 saturated heterocycles. The Morgan fingerprint density at radius 1 is 1.10 bits per heavy atom. The number of nitrogens with zero attached hydrogens (tertiary/aromatic N) is 1. The molecule has 1 atom stereocenters. The second-order valence-electron chi connectivity index (χ2n) is 5.08. The van der Waals surface area contributed by atoms with Crippen molar-refractivity contribution in [1.29, 1.82) is 0 Å². The molecule has 0 aliphatic rings. The van der Waals surface area contributed by atoms with Gasteiger partial charge in [-0.2, -0.15) is 0 Å². The van der Waals surface area contributed by atoms with Gasteiger partial charge in [0, 0.05) is 30.3 Å². The van der Waals surface area contributed by atoms with Crippen LogP contribution in [0.5, 0.6) is 0 Å². The van der Waals surface area contributed by atoms with E-state index >= 15 is 0 Å². The molecule has 0 amide bonds. The molecule has 1 N–H and O–H groups in total. The van der Waals surface area contributed by atoms with Gasteiger partial charge in [-0.05, 0) is 55.4 Å². The van der Waals surface area contributed by atoms with Crippen molar-refractivity contribution < 1.29 is 4.39 Å². The quantitative estimate of drug-likeness (QED) is 0.857. The molecule has 1 unspecified atom stereocenters. The molecule has 2 aromatic carbocycles. The smallest absolute Gasteiger partial charge is 0.123 e. The van der Waals surface area contributed by atoms with E-state index in [4.69, 9.17) is 11.6 Å². The summed E-state index contributed by atoms with van der Waals surface area (Å²) >= 11 is 5.92. The summed E-state index contributed by atoms with van der Waals surface area (Å²) in [7, 11) is 3.97. The van der Waals surface area contributed by atoms with Crippen LogP contribution in [0.2, 0.25) is 5.02 Å². The van der Waals surface area contributed by atoms with Crippen molar-refractivity contribution in [3.05, 3.63) is 64.9 Å². The number of nitrogens with one attached hydrogen (secondary N) is 1. The van der Waals surface area contributed by atoms with Crippen LogP contribution in [0.25, 0.3) is 0 Å². The van der Waals surface area contributed by atoms with E-state index < -0.39 is 0 Å². The zero-order valence-electron chi connectivity index (χ0n) is 12.3. The highest BCUT2D eigenvalue weighted by Gasteiger charge is 2.10. The van der Waals surface area contributed by atoms with Crippen molar-refractivity contribution in [1.82, 2.24) is 5.32 Å². The minimum absolute atomic E-state index is 0.207. The van der Waals surface area contributed by atoms with Gasteiger partial charge >= 0.3 is 0 Å². The first-order chi connectivity index (χ1) is 10.1. The van der Waals surface area contributed by atoms with Crippen LogP contribution in [0.4, 0.5) is 10.1 Å². The lowest BCUT2D eigenvalue weighted by Crippen LogP contribution is -2.25. The van der Waals surface area contributed by atoms with Gasteiger partial charge in [0.25, 0.3) is 0 Å². The summed E-state index contributed by atoms with van der Waals surface area (Å²) in [5.41, 5.74) is 2.23. The van der Waals surface area contributed by atoms with Crippen LogP contribution >= 0.6 is 11.6 Å². The number of hydrogen-bond acceptors (Lipinski definition) is 2. The third-order valence-corrected chi connectivity index (χ3v) is 3.89. The van der Waals surface area contributed by atoms with E-state index in [1.54, 1.807) is 12.1 Å². The average molecular weight is 307 g/mol. The normalized spacial score (nSPS) is 12.2. The van der Waals surface area contributed by atoms with E-state index in [0.717, 1.165) is 23.7 Å². The lowest BCUT2D eigenvalue weighted by molar-refractivity contribution is 0.549. The Kier molecular flexibility index (Phi) is 5.59. The van der Waals surface area contributed by atoms with Gasteiger partial charge in [-0.25, -0.2) is 4.39 Å². The van der Waals surface area contributed by atoms with Crippen molar-refractivity contribution in [3.8, 4) is 0 Å². The highest BCUT2D eigenvalue weighted by atomic mass is 35.5. The standard InChI is InChI=1S/C17H20ClFN2/c1-20-17(13-3-5-14(18)6-4-13)11-12-21(2)16-9-7-15(19)8-10-16/h3-10,17,20H,11-12H2,1-2H3. The number of halogens is 2. The maximum absolute atomic E-state index is 12.9. The molecule has 2 aromatic rings. The van der Waals surface area contributed by atoms with Gasteiger partial charge in [0.1, 0.15) is 5.82 Å². The van der Waals surface area contributed by atoms with E-state index in [1.165, 1.54) is 17.7 Å². The van der Waals surface area contributed by atoms with E-state index in [9.17, 15) is 4.39 Å². The monoisotopic (exact) mass is 306 g/mol. The number of hydrogen-bond donors (Lipinski definition) is 1. The Balaban J connectivity index is 1.96. The lowest BCUT2D eigenvalue weighted by Gasteiger charge is -2.23. The summed E-state index contributed by atoms with van der Waals surface area (Å²) in [6.07, 6.45) is 0.950. The largest absolute Gasteiger partial charge is 0.375 e.